The molecule has 1 aromatic rings. The molecule has 1 amide bonds. The van der Waals surface area contributed by atoms with Gasteiger partial charge >= 0.3 is 0 Å². The second kappa shape index (κ2) is 3.48. The van der Waals surface area contributed by atoms with Crippen molar-refractivity contribution in [1.82, 2.24) is 4.98 Å². The molecule has 0 fully saturated rings. The van der Waals surface area contributed by atoms with Crippen molar-refractivity contribution < 1.29 is 4.79 Å². The third-order valence-electron chi connectivity index (χ3n) is 1.06. The van der Waals surface area contributed by atoms with Gasteiger partial charge in [-0.25, -0.2) is 4.98 Å². The summed E-state index contributed by atoms with van der Waals surface area (Å²) in [5, 5.41) is 0. The number of amides is 1. The van der Waals surface area contributed by atoms with E-state index in [2.05, 4.69) is 20.9 Å². The summed E-state index contributed by atoms with van der Waals surface area (Å²) in [4.78, 5) is 14.3. The minimum Gasteiger partial charge on any atom is -0.369 e. The van der Waals surface area contributed by atoms with Gasteiger partial charge in [0.1, 0.15) is 4.60 Å². The Labute approximate surface area is 72.7 Å². The number of hydrogen-bond donors (Lipinski definition) is 1. The first-order valence-electron chi connectivity index (χ1n) is 2.94. The van der Waals surface area contributed by atoms with Crippen LogP contribution in [0.15, 0.2) is 22.9 Å². The first-order chi connectivity index (χ1) is 5.18. The normalized spacial score (nSPS) is 9.55. The quantitative estimate of drug-likeness (QED) is 0.743. The highest BCUT2D eigenvalue weighted by atomic mass is 79.9. The van der Waals surface area contributed by atoms with Gasteiger partial charge < -0.3 is 5.73 Å². The summed E-state index contributed by atoms with van der Waals surface area (Å²) >= 11 is 3.17. The smallest absolute Gasteiger partial charge is 0.226 e. The molecule has 2 N–H and O–H groups in total. The number of halogens is 1. The van der Waals surface area contributed by atoms with Crippen LogP contribution in [0, 0.1) is 6.42 Å². The van der Waals surface area contributed by atoms with Gasteiger partial charge in [-0.3, -0.25) is 4.79 Å². The second-order valence-corrected chi connectivity index (χ2v) is 2.77. The maximum atomic E-state index is 10.4. The van der Waals surface area contributed by atoms with E-state index in [1.165, 1.54) is 6.42 Å². The lowest BCUT2D eigenvalue weighted by Crippen LogP contribution is -2.11. The van der Waals surface area contributed by atoms with Gasteiger partial charge in [0.25, 0.3) is 0 Å². The number of nitrogens with two attached hydrogens (primary N) is 1. The van der Waals surface area contributed by atoms with E-state index < -0.39 is 5.91 Å². The zero-order valence-electron chi connectivity index (χ0n) is 5.62. The summed E-state index contributed by atoms with van der Waals surface area (Å²) in [7, 11) is 0. The first-order valence-corrected chi connectivity index (χ1v) is 3.73. The highest BCUT2D eigenvalue weighted by Crippen LogP contribution is 2.07. The van der Waals surface area contributed by atoms with Crippen LogP contribution < -0.4 is 5.73 Å². The second-order valence-electron chi connectivity index (χ2n) is 1.96. The van der Waals surface area contributed by atoms with Crippen LogP contribution >= 0.6 is 15.9 Å². The highest BCUT2D eigenvalue weighted by Gasteiger charge is 1.98. The molecule has 0 atom stereocenters. The number of carbonyl (C=O) groups is 1. The molecule has 0 aliphatic carbocycles. The van der Waals surface area contributed by atoms with Crippen molar-refractivity contribution >= 4 is 21.8 Å². The summed E-state index contributed by atoms with van der Waals surface area (Å²) in [5.41, 5.74) is 5.64. The molecule has 57 valence electrons. The van der Waals surface area contributed by atoms with Crippen LogP contribution in [-0.2, 0) is 4.79 Å². The molecule has 0 saturated heterocycles. The Hall–Kier alpha value is -0.900. The van der Waals surface area contributed by atoms with Crippen molar-refractivity contribution in [2.75, 3.05) is 0 Å². The number of rotatable bonds is 2. The number of primary amides is 1. The molecule has 1 heterocycles. The van der Waals surface area contributed by atoms with Gasteiger partial charge in [0.15, 0.2) is 0 Å². The van der Waals surface area contributed by atoms with Gasteiger partial charge in [-0.2, -0.15) is 0 Å². The first kappa shape index (κ1) is 8.20. The zero-order chi connectivity index (χ0) is 8.27. The number of pyridine rings is 1. The van der Waals surface area contributed by atoms with Gasteiger partial charge in [-0.15, -0.1) is 0 Å². The molecule has 0 spiro atoms. The summed E-state index contributed by atoms with van der Waals surface area (Å²) in [6, 6.07) is 3.50. The fourth-order valence-electron chi connectivity index (χ4n) is 0.637. The predicted octanol–water partition coefficient (Wildman–Crippen LogP) is 0.882. The fraction of sp³-hybridized carbons (Fsp3) is 0. The van der Waals surface area contributed by atoms with Crippen LogP contribution in [0.4, 0.5) is 0 Å². The Bertz CT molecular complexity index is 258. The van der Waals surface area contributed by atoms with E-state index in [1.807, 2.05) is 0 Å². The third-order valence-corrected chi connectivity index (χ3v) is 1.53. The van der Waals surface area contributed by atoms with Crippen molar-refractivity contribution in [2.45, 2.75) is 0 Å². The van der Waals surface area contributed by atoms with E-state index >= 15 is 0 Å². The van der Waals surface area contributed by atoms with Crippen molar-refractivity contribution in [1.29, 1.82) is 0 Å². The van der Waals surface area contributed by atoms with Gasteiger partial charge in [-0.1, -0.05) is 6.07 Å². The average molecular weight is 214 g/mol. The average Bonchev–Trinajstić information content (AvgIpc) is 1.93. The summed E-state index contributed by atoms with van der Waals surface area (Å²) < 4.78 is 0.735. The minimum absolute atomic E-state index is 0.464. The van der Waals surface area contributed by atoms with Gasteiger partial charge in [0, 0.05) is 6.20 Å². The Morgan fingerprint density at radius 1 is 1.64 bits per heavy atom. The van der Waals surface area contributed by atoms with E-state index in [0.29, 0.717) is 5.56 Å². The van der Waals surface area contributed by atoms with Crippen LogP contribution in [0.25, 0.3) is 0 Å². The van der Waals surface area contributed by atoms with Gasteiger partial charge in [-0.05, 0) is 27.6 Å². The largest absolute Gasteiger partial charge is 0.369 e. The number of nitrogens with zero attached hydrogens (tertiary/aromatic N) is 1. The molecular weight excluding hydrogens is 208 g/mol. The van der Waals surface area contributed by atoms with Gasteiger partial charge in [0.2, 0.25) is 5.91 Å². The summed E-state index contributed by atoms with van der Waals surface area (Å²) in [6.45, 7) is 0. The van der Waals surface area contributed by atoms with Crippen LogP contribution in [0.2, 0.25) is 0 Å². The van der Waals surface area contributed by atoms with E-state index in [-0.39, 0.29) is 0 Å². The minimum atomic E-state index is -0.464. The molecule has 0 unspecified atom stereocenters. The Morgan fingerprint density at radius 2 is 2.36 bits per heavy atom. The molecule has 0 aromatic carbocycles. The maximum Gasteiger partial charge on any atom is 0.226 e. The highest BCUT2D eigenvalue weighted by molar-refractivity contribution is 9.10. The monoisotopic (exact) mass is 213 g/mol. The van der Waals surface area contributed by atoms with E-state index in [4.69, 9.17) is 5.73 Å². The van der Waals surface area contributed by atoms with Crippen LogP contribution in [0.3, 0.4) is 0 Å². The molecule has 0 bridgehead atoms. The fourth-order valence-corrected chi connectivity index (χ4v) is 0.871. The predicted molar refractivity (Wildman–Crippen MR) is 44.5 cm³/mol. The van der Waals surface area contributed by atoms with E-state index in [1.54, 1.807) is 18.3 Å². The molecule has 1 rings (SSSR count). The van der Waals surface area contributed by atoms with Crippen molar-refractivity contribution in [3.8, 4) is 0 Å². The Kier molecular flexibility index (Phi) is 2.59. The van der Waals surface area contributed by atoms with Crippen LogP contribution in [0.5, 0.6) is 0 Å². The molecule has 0 saturated carbocycles. The maximum absolute atomic E-state index is 10.4. The van der Waals surface area contributed by atoms with Crippen molar-refractivity contribution in [3.63, 3.8) is 0 Å². The van der Waals surface area contributed by atoms with Crippen molar-refractivity contribution in [3.05, 3.63) is 34.9 Å². The lowest BCUT2D eigenvalue weighted by molar-refractivity contribution is -0.114. The number of aromatic nitrogens is 1. The molecule has 4 heteroatoms. The molecule has 1 radical (unpaired) electrons. The van der Waals surface area contributed by atoms with Gasteiger partial charge in [0.05, 0.1) is 6.42 Å². The molecule has 0 aliphatic heterocycles. The molecule has 11 heavy (non-hydrogen) atoms. The zero-order valence-corrected chi connectivity index (χ0v) is 7.21. The molecular formula is C7H6BrN2O. The van der Waals surface area contributed by atoms with Crippen LogP contribution in [0.1, 0.15) is 5.56 Å². The number of carbonyl (C=O) groups excluding carboxylic acids is 1. The molecule has 3 nitrogen and oxygen atoms in total. The van der Waals surface area contributed by atoms with Crippen molar-refractivity contribution in [2.24, 2.45) is 5.73 Å². The van der Waals surface area contributed by atoms with E-state index in [9.17, 15) is 4.79 Å². The topological polar surface area (TPSA) is 56.0 Å². The summed E-state index contributed by atoms with van der Waals surface area (Å²) in [6.07, 6.45) is 2.88. The Balaban J connectivity index is 2.74. The van der Waals surface area contributed by atoms with Crippen LogP contribution in [-0.4, -0.2) is 10.9 Å². The Morgan fingerprint density at radius 3 is 2.82 bits per heavy atom. The van der Waals surface area contributed by atoms with E-state index in [0.717, 1.165) is 4.60 Å². The number of hydrogen-bond acceptors (Lipinski definition) is 2. The lowest BCUT2D eigenvalue weighted by atomic mass is 10.2. The summed E-state index contributed by atoms with van der Waals surface area (Å²) in [5.74, 6) is -0.464. The molecule has 1 aromatic heterocycles. The standard InChI is InChI=1S/C7H6BrN2O/c8-6-2-1-5(4-10-6)3-7(9)11/h1-4H,(H2,9,11). The SMILES string of the molecule is NC(=O)[CH]c1ccc(Br)nc1. The molecule has 0 aliphatic rings. The third kappa shape index (κ3) is 2.67. The lowest BCUT2D eigenvalue weighted by Gasteiger charge is -1.94.